The summed E-state index contributed by atoms with van der Waals surface area (Å²) in [6, 6.07) is 0.595. The Hall–Kier alpha value is -0.610. The van der Waals surface area contributed by atoms with Crippen LogP contribution in [0.15, 0.2) is 0 Å². The van der Waals surface area contributed by atoms with E-state index in [1.54, 1.807) is 4.90 Å². The number of carbonyl (C=O) groups excluding carboxylic acids is 1. The smallest absolute Gasteiger partial charge is 0.223 e. The van der Waals surface area contributed by atoms with Gasteiger partial charge in [-0.05, 0) is 32.9 Å². The van der Waals surface area contributed by atoms with Gasteiger partial charge in [0.25, 0.3) is 0 Å². The Balaban J connectivity index is 3.89. The largest absolute Gasteiger partial charge is 0.346 e. The molecule has 0 aromatic carbocycles. The van der Waals surface area contributed by atoms with Gasteiger partial charge in [0.15, 0.2) is 0 Å². The molecule has 0 unspecified atom stereocenters. The van der Waals surface area contributed by atoms with Crippen LogP contribution < -0.4 is 5.73 Å². The molecule has 0 bridgehead atoms. The maximum atomic E-state index is 11.8. The molecule has 0 atom stereocenters. The average molecular weight is 243 g/mol. The minimum absolute atomic E-state index is 0.219. The SMILES string of the molecule is CCC(CC)N(C)CCC(=O)N(C)CCCN. The fourth-order valence-corrected chi connectivity index (χ4v) is 2.01. The van der Waals surface area contributed by atoms with Crippen LogP contribution in [0.4, 0.5) is 0 Å². The van der Waals surface area contributed by atoms with Crippen LogP contribution in [0.3, 0.4) is 0 Å². The summed E-state index contributed by atoms with van der Waals surface area (Å²) in [6.07, 6.45) is 3.77. The molecule has 0 aliphatic carbocycles. The second-order valence-electron chi connectivity index (χ2n) is 4.66. The van der Waals surface area contributed by atoms with Crippen LogP contribution in [-0.2, 0) is 4.79 Å². The molecule has 0 heterocycles. The van der Waals surface area contributed by atoms with Gasteiger partial charge in [0.1, 0.15) is 0 Å². The van der Waals surface area contributed by atoms with Crippen molar-refractivity contribution in [3.8, 4) is 0 Å². The summed E-state index contributed by atoms with van der Waals surface area (Å²) < 4.78 is 0. The van der Waals surface area contributed by atoms with E-state index in [1.165, 1.54) is 0 Å². The predicted molar refractivity (Wildman–Crippen MR) is 72.9 cm³/mol. The standard InChI is InChI=1S/C13H29N3O/c1-5-12(6-2)15(3)11-8-13(17)16(4)10-7-9-14/h12H,5-11,14H2,1-4H3. The number of amides is 1. The lowest BCUT2D eigenvalue weighted by atomic mass is 10.1. The summed E-state index contributed by atoms with van der Waals surface area (Å²) in [5.74, 6) is 0.219. The van der Waals surface area contributed by atoms with Crippen LogP contribution in [0, 0.1) is 0 Å². The molecule has 0 saturated heterocycles. The van der Waals surface area contributed by atoms with Crippen molar-refractivity contribution in [1.82, 2.24) is 9.80 Å². The van der Waals surface area contributed by atoms with Gasteiger partial charge in [-0.25, -0.2) is 0 Å². The lowest BCUT2D eigenvalue weighted by molar-refractivity contribution is -0.130. The third-order valence-corrected chi connectivity index (χ3v) is 3.37. The van der Waals surface area contributed by atoms with Crippen LogP contribution in [0.5, 0.6) is 0 Å². The monoisotopic (exact) mass is 243 g/mol. The molecule has 0 fully saturated rings. The molecule has 102 valence electrons. The van der Waals surface area contributed by atoms with Crippen LogP contribution >= 0.6 is 0 Å². The van der Waals surface area contributed by atoms with Crippen molar-refractivity contribution >= 4 is 5.91 Å². The van der Waals surface area contributed by atoms with Gasteiger partial charge in [-0.3, -0.25) is 4.79 Å². The number of nitrogens with zero attached hydrogens (tertiary/aromatic N) is 2. The van der Waals surface area contributed by atoms with Crippen LogP contribution in [-0.4, -0.2) is 55.5 Å². The normalized spacial score (nSPS) is 11.2. The van der Waals surface area contributed by atoms with Gasteiger partial charge in [0.2, 0.25) is 5.91 Å². The zero-order valence-corrected chi connectivity index (χ0v) is 11.9. The van der Waals surface area contributed by atoms with E-state index in [0.717, 1.165) is 32.4 Å². The molecule has 0 aromatic rings. The van der Waals surface area contributed by atoms with E-state index in [1.807, 2.05) is 7.05 Å². The van der Waals surface area contributed by atoms with Gasteiger partial charge in [0.05, 0.1) is 0 Å². The zero-order chi connectivity index (χ0) is 13.3. The van der Waals surface area contributed by atoms with Gasteiger partial charge >= 0.3 is 0 Å². The van der Waals surface area contributed by atoms with E-state index in [2.05, 4.69) is 25.8 Å². The summed E-state index contributed by atoms with van der Waals surface area (Å²) in [4.78, 5) is 15.9. The molecule has 0 rings (SSSR count). The minimum Gasteiger partial charge on any atom is -0.346 e. The van der Waals surface area contributed by atoms with Gasteiger partial charge in [-0.15, -0.1) is 0 Å². The number of carbonyl (C=O) groups is 1. The lowest BCUT2D eigenvalue weighted by Gasteiger charge is -2.26. The fourth-order valence-electron chi connectivity index (χ4n) is 2.01. The summed E-state index contributed by atoms with van der Waals surface area (Å²) in [5, 5.41) is 0. The van der Waals surface area contributed by atoms with Crippen molar-refractivity contribution in [2.24, 2.45) is 5.73 Å². The van der Waals surface area contributed by atoms with E-state index in [4.69, 9.17) is 5.73 Å². The number of hydrogen-bond donors (Lipinski definition) is 1. The first-order valence-electron chi connectivity index (χ1n) is 6.71. The topological polar surface area (TPSA) is 49.6 Å². The Kier molecular flexibility index (Phi) is 9.09. The third kappa shape index (κ3) is 6.64. The summed E-state index contributed by atoms with van der Waals surface area (Å²) >= 11 is 0. The predicted octanol–water partition coefficient (Wildman–Crippen LogP) is 1.30. The van der Waals surface area contributed by atoms with Crippen LogP contribution in [0.1, 0.15) is 39.5 Å². The quantitative estimate of drug-likeness (QED) is 0.664. The number of hydrogen-bond acceptors (Lipinski definition) is 3. The van der Waals surface area contributed by atoms with Crippen LogP contribution in [0.25, 0.3) is 0 Å². The summed E-state index contributed by atoms with van der Waals surface area (Å²) in [5.41, 5.74) is 5.43. The number of rotatable bonds is 9. The molecule has 17 heavy (non-hydrogen) atoms. The number of nitrogens with two attached hydrogens (primary N) is 1. The van der Waals surface area contributed by atoms with Gasteiger partial charge < -0.3 is 15.5 Å². The first-order chi connectivity index (χ1) is 8.06. The summed E-state index contributed by atoms with van der Waals surface area (Å²) in [7, 11) is 3.96. The maximum Gasteiger partial charge on any atom is 0.223 e. The first-order valence-corrected chi connectivity index (χ1v) is 6.71. The van der Waals surface area contributed by atoms with Crippen LogP contribution in [0.2, 0.25) is 0 Å². The molecule has 0 aliphatic heterocycles. The van der Waals surface area contributed by atoms with Crippen molar-refractivity contribution in [3.63, 3.8) is 0 Å². The molecule has 1 amide bonds. The highest BCUT2D eigenvalue weighted by atomic mass is 16.2. The Morgan fingerprint density at radius 2 is 1.76 bits per heavy atom. The van der Waals surface area contributed by atoms with Gasteiger partial charge in [-0.2, -0.15) is 0 Å². The van der Waals surface area contributed by atoms with Crippen molar-refractivity contribution in [3.05, 3.63) is 0 Å². The molecule has 0 spiro atoms. The second kappa shape index (κ2) is 9.42. The maximum absolute atomic E-state index is 11.8. The molecule has 0 saturated carbocycles. The van der Waals surface area contributed by atoms with Crippen molar-refractivity contribution in [1.29, 1.82) is 0 Å². The van der Waals surface area contributed by atoms with E-state index < -0.39 is 0 Å². The van der Waals surface area contributed by atoms with Gasteiger partial charge in [-0.1, -0.05) is 13.8 Å². The van der Waals surface area contributed by atoms with E-state index in [0.29, 0.717) is 19.0 Å². The summed E-state index contributed by atoms with van der Waals surface area (Å²) in [6.45, 7) is 6.65. The van der Waals surface area contributed by atoms with Gasteiger partial charge in [0, 0.05) is 32.6 Å². The molecule has 0 aliphatic rings. The second-order valence-corrected chi connectivity index (χ2v) is 4.66. The molecule has 0 aromatic heterocycles. The fraction of sp³-hybridized carbons (Fsp3) is 0.923. The Labute approximate surface area is 106 Å². The highest BCUT2D eigenvalue weighted by Gasteiger charge is 2.13. The Morgan fingerprint density at radius 3 is 2.24 bits per heavy atom. The Morgan fingerprint density at radius 1 is 1.18 bits per heavy atom. The third-order valence-electron chi connectivity index (χ3n) is 3.37. The highest BCUT2D eigenvalue weighted by Crippen LogP contribution is 2.06. The van der Waals surface area contributed by atoms with E-state index >= 15 is 0 Å². The van der Waals surface area contributed by atoms with Crippen molar-refractivity contribution in [2.45, 2.75) is 45.6 Å². The molecular formula is C13H29N3O. The lowest BCUT2D eigenvalue weighted by Crippen LogP contribution is -2.36. The van der Waals surface area contributed by atoms with Crippen molar-refractivity contribution in [2.75, 3.05) is 33.7 Å². The zero-order valence-electron chi connectivity index (χ0n) is 11.9. The first kappa shape index (κ1) is 16.4. The average Bonchev–Trinajstić information content (AvgIpc) is 2.34. The van der Waals surface area contributed by atoms with E-state index in [9.17, 15) is 4.79 Å². The van der Waals surface area contributed by atoms with E-state index in [-0.39, 0.29) is 5.91 Å². The minimum atomic E-state index is 0.219. The van der Waals surface area contributed by atoms with Crippen molar-refractivity contribution < 1.29 is 4.79 Å². The molecular weight excluding hydrogens is 214 g/mol. The molecule has 4 nitrogen and oxygen atoms in total. The molecule has 4 heteroatoms. The molecule has 2 N–H and O–H groups in total. The molecule has 0 radical (unpaired) electrons. The highest BCUT2D eigenvalue weighted by molar-refractivity contribution is 5.76. The Bertz CT molecular complexity index is 205.